The molecular formula is C19H21FN6O3S. The van der Waals surface area contributed by atoms with Crippen LogP contribution >= 0.6 is 11.3 Å². The van der Waals surface area contributed by atoms with Crippen LogP contribution in [0.3, 0.4) is 0 Å². The van der Waals surface area contributed by atoms with Gasteiger partial charge in [0.25, 0.3) is 0 Å². The summed E-state index contributed by atoms with van der Waals surface area (Å²) in [4.78, 5) is 39.1. The fourth-order valence-electron chi connectivity index (χ4n) is 2.84. The van der Waals surface area contributed by atoms with E-state index in [2.05, 4.69) is 20.3 Å². The summed E-state index contributed by atoms with van der Waals surface area (Å²) in [6.07, 6.45) is 0.271. The van der Waals surface area contributed by atoms with Crippen LogP contribution < -0.4 is 15.1 Å². The number of hydrogen-bond donors (Lipinski definition) is 2. The molecule has 0 aliphatic carbocycles. The molecule has 2 amide bonds. The lowest BCUT2D eigenvalue weighted by atomic mass is 10.0. The Kier molecular flexibility index (Phi) is 5.57. The third kappa shape index (κ3) is 4.30. The summed E-state index contributed by atoms with van der Waals surface area (Å²) in [6, 6.07) is 4.17. The number of thiazole rings is 1. The minimum atomic E-state index is -1.26. The van der Waals surface area contributed by atoms with Crippen LogP contribution in [0.1, 0.15) is 27.7 Å². The van der Waals surface area contributed by atoms with Crippen molar-refractivity contribution in [1.29, 1.82) is 0 Å². The number of carbonyl (C=O) groups excluding carboxylic acids is 1. The summed E-state index contributed by atoms with van der Waals surface area (Å²) in [6.45, 7) is 6.44. The lowest BCUT2D eigenvalue weighted by molar-refractivity contribution is -0.114. The van der Waals surface area contributed by atoms with Gasteiger partial charge in [0.2, 0.25) is 11.9 Å². The van der Waals surface area contributed by atoms with Crippen molar-refractivity contribution in [3.8, 4) is 0 Å². The van der Waals surface area contributed by atoms with Gasteiger partial charge in [0.1, 0.15) is 11.3 Å². The number of anilines is 4. The first-order valence-electron chi connectivity index (χ1n) is 8.95. The molecule has 2 heterocycles. The van der Waals surface area contributed by atoms with Crippen LogP contribution in [0, 0.1) is 5.82 Å². The second-order valence-electron chi connectivity index (χ2n) is 7.54. The Hall–Kier alpha value is -3.34. The SMILES string of the molecule is CC(=O)Nc1nc2cnc(N(C)c3ccc(F)c(N(C(=O)O)C(C)(C)C)c3)nc2s1. The molecule has 3 aromatic rings. The largest absolute Gasteiger partial charge is 0.465 e. The summed E-state index contributed by atoms with van der Waals surface area (Å²) in [5.41, 5.74) is 0.131. The summed E-state index contributed by atoms with van der Waals surface area (Å²) in [5.74, 6) is -0.570. The molecule has 0 saturated heterocycles. The molecule has 3 rings (SSSR count). The second-order valence-corrected chi connectivity index (χ2v) is 8.52. The van der Waals surface area contributed by atoms with Crippen LogP contribution in [0.5, 0.6) is 0 Å². The van der Waals surface area contributed by atoms with Gasteiger partial charge in [-0.3, -0.25) is 9.69 Å². The molecule has 0 aliphatic heterocycles. The van der Waals surface area contributed by atoms with Crippen LogP contribution in [-0.4, -0.2) is 44.6 Å². The van der Waals surface area contributed by atoms with Gasteiger partial charge in [-0.1, -0.05) is 11.3 Å². The van der Waals surface area contributed by atoms with Gasteiger partial charge in [-0.2, -0.15) is 4.98 Å². The number of fused-ring (bicyclic) bond motifs is 1. The Morgan fingerprint density at radius 2 is 1.93 bits per heavy atom. The Morgan fingerprint density at radius 3 is 2.53 bits per heavy atom. The van der Waals surface area contributed by atoms with E-state index in [1.807, 2.05) is 0 Å². The van der Waals surface area contributed by atoms with E-state index in [0.717, 1.165) is 4.90 Å². The van der Waals surface area contributed by atoms with E-state index in [-0.39, 0.29) is 11.6 Å². The second kappa shape index (κ2) is 7.82. The van der Waals surface area contributed by atoms with Gasteiger partial charge >= 0.3 is 6.09 Å². The molecule has 0 radical (unpaired) electrons. The van der Waals surface area contributed by atoms with Crippen LogP contribution in [0.4, 0.5) is 31.6 Å². The van der Waals surface area contributed by atoms with E-state index in [1.54, 1.807) is 32.7 Å². The van der Waals surface area contributed by atoms with Crippen molar-refractivity contribution in [1.82, 2.24) is 15.0 Å². The van der Waals surface area contributed by atoms with E-state index >= 15 is 0 Å². The Morgan fingerprint density at radius 1 is 1.23 bits per heavy atom. The first-order chi connectivity index (χ1) is 14.0. The predicted molar refractivity (Wildman–Crippen MR) is 114 cm³/mol. The number of carbonyl (C=O) groups is 2. The zero-order valence-corrected chi connectivity index (χ0v) is 17.9. The maximum atomic E-state index is 14.5. The maximum Gasteiger partial charge on any atom is 0.412 e. The van der Waals surface area contributed by atoms with Crippen molar-refractivity contribution >= 4 is 56.1 Å². The van der Waals surface area contributed by atoms with Crippen molar-refractivity contribution in [3.05, 3.63) is 30.2 Å². The third-order valence-corrected chi connectivity index (χ3v) is 5.02. The van der Waals surface area contributed by atoms with Crippen LogP contribution in [0.15, 0.2) is 24.4 Å². The van der Waals surface area contributed by atoms with E-state index in [1.165, 1.54) is 42.7 Å². The van der Waals surface area contributed by atoms with Gasteiger partial charge < -0.3 is 15.3 Å². The number of hydrogen-bond acceptors (Lipinski definition) is 7. The predicted octanol–water partition coefficient (Wildman–Crippen LogP) is 4.23. The molecule has 30 heavy (non-hydrogen) atoms. The van der Waals surface area contributed by atoms with E-state index in [0.29, 0.717) is 27.1 Å². The van der Waals surface area contributed by atoms with Crippen molar-refractivity contribution in [3.63, 3.8) is 0 Å². The number of benzene rings is 1. The minimum absolute atomic E-state index is 0.0637. The highest BCUT2D eigenvalue weighted by Crippen LogP contribution is 2.33. The van der Waals surface area contributed by atoms with Gasteiger partial charge in [0.15, 0.2) is 9.96 Å². The maximum absolute atomic E-state index is 14.5. The van der Waals surface area contributed by atoms with Crippen molar-refractivity contribution in [2.24, 2.45) is 0 Å². The van der Waals surface area contributed by atoms with Crippen LogP contribution in [0.2, 0.25) is 0 Å². The highest BCUT2D eigenvalue weighted by atomic mass is 32.1. The lowest BCUT2D eigenvalue weighted by Gasteiger charge is -2.33. The van der Waals surface area contributed by atoms with Crippen molar-refractivity contribution in [2.75, 3.05) is 22.2 Å². The van der Waals surface area contributed by atoms with Crippen LogP contribution in [-0.2, 0) is 4.79 Å². The summed E-state index contributed by atoms with van der Waals surface area (Å²) >= 11 is 1.20. The summed E-state index contributed by atoms with van der Waals surface area (Å²) < 4.78 is 14.5. The molecule has 0 unspecified atom stereocenters. The number of nitrogens with zero attached hydrogens (tertiary/aromatic N) is 5. The Balaban J connectivity index is 1.99. The molecule has 0 aliphatic rings. The quantitative estimate of drug-likeness (QED) is 0.634. The Labute approximate surface area is 176 Å². The fraction of sp³-hybridized carbons (Fsp3) is 0.316. The van der Waals surface area contributed by atoms with Gasteiger partial charge in [0.05, 0.1) is 11.9 Å². The topological polar surface area (TPSA) is 112 Å². The number of amides is 2. The minimum Gasteiger partial charge on any atom is -0.465 e. The molecule has 158 valence electrons. The van der Waals surface area contributed by atoms with Gasteiger partial charge in [-0.25, -0.2) is 19.2 Å². The van der Waals surface area contributed by atoms with E-state index in [9.17, 15) is 19.1 Å². The molecule has 0 fully saturated rings. The van der Waals surface area contributed by atoms with E-state index < -0.39 is 17.4 Å². The zero-order valence-electron chi connectivity index (χ0n) is 17.1. The molecular weight excluding hydrogens is 411 g/mol. The van der Waals surface area contributed by atoms with E-state index in [4.69, 9.17) is 0 Å². The number of carboxylic acid groups (broad SMARTS) is 1. The zero-order chi connectivity index (χ0) is 22.2. The normalized spacial score (nSPS) is 11.4. The number of nitrogens with one attached hydrogen (secondary N) is 1. The molecule has 0 saturated carbocycles. The van der Waals surface area contributed by atoms with Gasteiger partial charge in [-0.15, -0.1) is 0 Å². The summed E-state index contributed by atoms with van der Waals surface area (Å²) in [5, 5.41) is 12.6. The number of rotatable bonds is 4. The van der Waals surface area contributed by atoms with Crippen LogP contribution in [0.25, 0.3) is 10.3 Å². The summed E-state index contributed by atoms with van der Waals surface area (Å²) in [7, 11) is 1.69. The molecule has 0 spiro atoms. The number of halogens is 1. The van der Waals surface area contributed by atoms with Gasteiger partial charge in [-0.05, 0) is 39.0 Å². The first-order valence-corrected chi connectivity index (χ1v) is 9.76. The monoisotopic (exact) mass is 432 g/mol. The van der Waals surface area contributed by atoms with Crippen molar-refractivity contribution in [2.45, 2.75) is 33.2 Å². The standard InChI is InChI=1S/C19H21FN6O3S/c1-10(27)22-17-23-13-9-21-16(24-15(13)30-17)25(5)11-6-7-12(20)14(8-11)26(18(28)29)19(2,3)4/h6-9H,1-5H3,(H,28,29)(H,22,23,27). The highest BCUT2D eigenvalue weighted by Gasteiger charge is 2.30. The lowest BCUT2D eigenvalue weighted by Crippen LogP contribution is -2.45. The molecule has 2 aromatic heterocycles. The molecule has 11 heteroatoms. The van der Waals surface area contributed by atoms with Crippen molar-refractivity contribution < 1.29 is 19.1 Å². The third-order valence-electron chi connectivity index (χ3n) is 4.14. The average Bonchev–Trinajstić information content (AvgIpc) is 3.01. The molecule has 0 atom stereocenters. The van der Waals surface area contributed by atoms with Gasteiger partial charge in [0, 0.05) is 25.2 Å². The highest BCUT2D eigenvalue weighted by molar-refractivity contribution is 7.21. The molecule has 9 nitrogen and oxygen atoms in total. The molecule has 1 aromatic carbocycles. The molecule has 0 bridgehead atoms. The Bertz CT molecular complexity index is 1130. The fourth-order valence-corrected chi connectivity index (χ4v) is 3.69. The molecule has 2 N–H and O–H groups in total. The number of aromatic nitrogens is 3. The average molecular weight is 432 g/mol. The first kappa shape index (κ1) is 21.4. The smallest absolute Gasteiger partial charge is 0.412 e.